The summed E-state index contributed by atoms with van der Waals surface area (Å²) in [7, 11) is 0. The van der Waals surface area contributed by atoms with Gasteiger partial charge in [-0.05, 0) is 13.0 Å². The summed E-state index contributed by atoms with van der Waals surface area (Å²) in [6.45, 7) is 7.95. The molecule has 8 nitrogen and oxygen atoms in total. The summed E-state index contributed by atoms with van der Waals surface area (Å²) in [4.78, 5) is 23.8. The topological polar surface area (TPSA) is 97.3 Å². The maximum atomic E-state index is 11.6. The largest absolute Gasteiger partial charge is 0.480 e. The Kier molecular flexibility index (Phi) is 14.8. The van der Waals surface area contributed by atoms with E-state index < -0.39 is 5.97 Å². The number of nitrogens with zero attached hydrogens (tertiary/aromatic N) is 1. The van der Waals surface area contributed by atoms with Crippen LogP contribution in [0.4, 0.5) is 0 Å². The Morgan fingerprint density at radius 2 is 1.48 bits per heavy atom. The molecule has 0 spiro atoms. The molecule has 1 amide bonds. The maximum absolute atomic E-state index is 11.6. The number of amides is 1. The molecular weight excluding hydrogens is 304 g/mol. The van der Waals surface area contributed by atoms with Crippen molar-refractivity contribution in [1.82, 2.24) is 10.2 Å². The summed E-state index contributed by atoms with van der Waals surface area (Å²) in [5.41, 5.74) is 0. The number of hydrogen-bond donors (Lipinski definition) is 2. The number of aliphatic carboxylic acids is 1. The van der Waals surface area contributed by atoms with Crippen molar-refractivity contribution in [3.63, 3.8) is 0 Å². The zero-order valence-electron chi connectivity index (χ0n) is 14.2. The number of carbonyl (C=O) groups is 2. The van der Waals surface area contributed by atoms with Gasteiger partial charge in [0.25, 0.3) is 0 Å². The van der Waals surface area contributed by atoms with Crippen molar-refractivity contribution >= 4 is 11.9 Å². The number of carbonyl (C=O) groups excluding carboxylic acids is 1. The lowest BCUT2D eigenvalue weighted by molar-refractivity contribution is -0.138. The summed E-state index contributed by atoms with van der Waals surface area (Å²) in [6, 6.07) is 0. The zero-order valence-corrected chi connectivity index (χ0v) is 14.2. The normalized spacial score (nSPS) is 10.9. The standard InChI is InChI=1S/C15H30N2O6/c1-3-6-21-8-10-23-11-9-22-7-5-16-14(18)12-17(4-2)13-15(19)20/h3-13H2,1-2H3,(H,16,18)(H,19,20). The van der Waals surface area contributed by atoms with Gasteiger partial charge in [-0.3, -0.25) is 14.5 Å². The van der Waals surface area contributed by atoms with Crippen LogP contribution >= 0.6 is 0 Å². The Bertz CT molecular complexity index is 314. The van der Waals surface area contributed by atoms with E-state index in [0.29, 0.717) is 46.1 Å². The van der Waals surface area contributed by atoms with Crippen molar-refractivity contribution in [3.05, 3.63) is 0 Å². The molecular formula is C15H30N2O6. The average Bonchev–Trinajstić information content (AvgIpc) is 2.51. The molecule has 0 aromatic heterocycles. The minimum absolute atomic E-state index is 0.0731. The van der Waals surface area contributed by atoms with E-state index in [1.807, 2.05) is 6.92 Å². The molecule has 0 heterocycles. The fourth-order valence-electron chi connectivity index (χ4n) is 1.68. The van der Waals surface area contributed by atoms with Gasteiger partial charge < -0.3 is 24.6 Å². The molecule has 0 bridgehead atoms. The molecule has 0 rings (SSSR count). The van der Waals surface area contributed by atoms with E-state index in [0.717, 1.165) is 13.0 Å². The molecule has 0 saturated carbocycles. The highest BCUT2D eigenvalue weighted by atomic mass is 16.5. The molecule has 0 aromatic carbocycles. The Morgan fingerprint density at radius 1 is 0.913 bits per heavy atom. The molecule has 136 valence electrons. The van der Waals surface area contributed by atoms with Gasteiger partial charge >= 0.3 is 5.97 Å². The third-order valence-corrected chi connectivity index (χ3v) is 2.83. The van der Waals surface area contributed by atoms with Crippen LogP contribution in [0, 0.1) is 0 Å². The minimum atomic E-state index is -0.942. The quantitative estimate of drug-likeness (QED) is 0.383. The van der Waals surface area contributed by atoms with Crippen molar-refractivity contribution in [2.45, 2.75) is 20.3 Å². The number of carboxylic acids is 1. The van der Waals surface area contributed by atoms with E-state index in [4.69, 9.17) is 19.3 Å². The summed E-state index contributed by atoms with van der Waals surface area (Å²) in [5.74, 6) is -1.15. The maximum Gasteiger partial charge on any atom is 0.317 e. The van der Waals surface area contributed by atoms with Crippen LogP contribution in [0.25, 0.3) is 0 Å². The van der Waals surface area contributed by atoms with Gasteiger partial charge in [0.05, 0.1) is 46.1 Å². The van der Waals surface area contributed by atoms with Crippen molar-refractivity contribution in [3.8, 4) is 0 Å². The number of hydrogen-bond acceptors (Lipinski definition) is 6. The Hall–Kier alpha value is -1.22. The van der Waals surface area contributed by atoms with Gasteiger partial charge in [0.2, 0.25) is 5.91 Å². The molecule has 0 aliphatic rings. The van der Waals surface area contributed by atoms with E-state index in [-0.39, 0.29) is 19.0 Å². The van der Waals surface area contributed by atoms with Crippen LogP contribution in [0.2, 0.25) is 0 Å². The molecule has 0 fully saturated rings. The Morgan fingerprint density at radius 3 is 2.00 bits per heavy atom. The fourth-order valence-corrected chi connectivity index (χ4v) is 1.68. The van der Waals surface area contributed by atoms with Crippen molar-refractivity contribution < 1.29 is 28.9 Å². The van der Waals surface area contributed by atoms with Crippen LogP contribution in [0.15, 0.2) is 0 Å². The predicted octanol–water partition coefficient (Wildman–Crippen LogP) is -0.0311. The highest BCUT2D eigenvalue weighted by molar-refractivity contribution is 5.78. The second-order valence-corrected chi connectivity index (χ2v) is 4.88. The summed E-state index contributed by atoms with van der Waals surface area (Å²) in [5, 5.41) is 11.4. The first-order valence-corrected chi connectivity index (χ1v) is 8.04. The van der Waals surface area contributed by atoms with Crippen LogP contribution in [0.1, 0.15) is 20.3 Å². The predicted molar refractivity (Wildman–Crippen MR) is 85.5 cm³/mol. The Labute approximate surface area is 138 Å². The van der Waals surface area contributed by atoms with Gasteiger partial charge in [-0.2, -0.15) is 0 Å². The van der Waals surface area contributed by atoms with E-state index >= 15 is 0 Å². The molecule has 0 atom stereocenters. The van der Waals surface area contributed by atoms with E-state index in [1.54, 1.807) is 4.90 Å². The molecule has 0 unspecified atom stereocenters. The number of ether oxygens (including phenoxy) is 3. The second-order valence-electron chi connectivity index (χ2n) is 4.88. The summed E-state index contributed by atoms with van der Waals surface area (Å²) in [6.07, 6.45) is 1.00. The molecule has 0 aliphatic heterocycles. The lowest BCUT2D eigenvalue weighted by atomic mass is 10.4. The third kappa shape index (κ3) is 15.4. The van der Waals surface area contributed by atoms with Gasteiger partial charge in [0.1, 0.15) is 0 Å². The zero-order chi connectivity index (χ0) is 17.3. The molecule has 0 radical (unpaired) electrons. The third-order valence-electron chi connectivity index (χ3n) is 2.83. The van der Waals surface area contributed by atoms with Crippen LogP contribution in [0.5, 0.6) is 0 Å². The minimum Gasteiger partial charge on any atom is -0.480 e. The van der Waals surface area contributed by atoms with Gasteiger partial charge in [0, 0.05) is 13.2 Å². The molecule has 2 N–H and O–H groups in total. The summed E-state index contributed by atoms with van der Waals surface area (Å²) < 4.78 is 15.9. The van der Waals surface area contributed by atoms with Gasteiger partial charge in [-0.1, -0.05) is 13.8 Å². The molecule has 8 heteroatoms. The number of likely N-dealkylation sites (N-methyl/N-ethyl adjacent to an activating group) is 1. The molecule has 23 heavy (non-hydrogen) atoms. The monoisotopic (exact) mass is 334 g/mol. The van der Waals surface area contributed by atoms with Gasteiger partial charge in [-0.25, -0.2) is 0 Å². The first kappa shape index (κ1) is 21.8. The van der Waals surface area contributed by atoms with Gasteiger partial charge in [-0.15, -0.1) is 0 Å². The highest BCUT2D eigenvalue weighted by Gasteiger charge is 2.11. The lowest BCUT2D eigenvalue weighted by Crippen LogP contribution is -2.40. The molecule has 0 aliphatic carbocycles. The van der Waals surface area contributed by atoms with E-state index in [9.17, 15) is 9.59 Å². The SMILES string of the molecule is CCCOCCOCCOCCNC(=O)CN(CC)CC(=O)O. The van der Waals surface area contributed by atoms with Gasteiger partial charge in [0.15, 0.2) is 0 Å². The first-order valence-electron chi connectivity index (χ1n) is 8.04. The van der Waals surface area contributed by atoms with Crippen LogP contribution in [-0.2, 0) is 23.8 Å². The smallest absolute Gasteiger partial charge is 0.317 e. The summed E-state index contributed by atoms with van der Waals surface area (Å²) >= 11 is 0. The second kappa shape index (κ2) is 15.7. The van der Waals surface area contributed by atoms with Crippen molar-refractivity contribution in [2.75, 3.05) is 65.8 Å². The molecule has 0 aromatic rings. The van der Waals surface area contributed by atoms with Crippen LogP contribution in [0.3, 0.4) is 0 Å². The fraction of sp³-hybridized carbons (Fsp3) is 0.867. The van der Waals surface area contributed by atoms with Crippen LogP contribution < -0.4 is 5.32 Å². The van der Waals surface area contributed by atoms with Crippen molar-refractivity contribution in [1.29, 1.82) is 0 Å². The highest BCUT2D eigenvalue weighted by Crippen LogP contribution is 1.87. The van der Waals surface area contributed by atoms with Crippen LogP contribution in [-0.4, -0.2) is 87.7 Å². The number of rotatable bonds is 16. The van der Waals surface area contributed by atoms with E-state index in [1.165, 1.54) is 0 Å². The molecule has 0 saturated heterocycles. The Balaban J connectivity index is 3.40. The average molecular weight is 334 g/mol. The van der Waals surface area contributed by atoms with Crippen molar-refractivity contribution in [2.24, 2.45) is 0 Å². The number of nitrogens with one attached hydrogen (secondary N) is 1. The first-order chi connectivity index (χ1) is 11.1. The number of carboxylic acid groups (broad SMARTS) is 1. The van der Waals surface area contributed by atoms with E-state index in [2.05, 4.69) is 12.2 Å². The lowest BCUT2D eigenvalue weighted by Gasteiger charge is -2.17.